The minimum Gasteiger partial charge on any atom is -0.481 e. The van der Waals surface area contributed by atoms with E-state index in [0.717, 1.165) is 11.8 Å². The first-order chi connectivity index (χ1) is 7.78. The Balaban J connectivity index is 2.97. The Morgan fingerprint density at radius 2 is 1.88 bits per heavy atom. The Kier molecular flexibility index (Phi) is 4.25. The van der Waals surface area contributed by atoms with E-state index < -0.39 is 22.0 Å². The van der Waals surface area contributed by atoms with Gasteiger partial charge in [-0.1, -0.05) is 29.8 Å². The highest BCUT2D eigenvalue weighted by Crippen LogP contribution is 2.18. The van der Waals surface area contributed by atoms with Crippen LogP contribution in [-0.2, 0) is 14.8 Å². The average Bonchev–Trinajstić information content (AvgIpc) is 2.14. The van der Waals surface area contributed by atoms with Crippen molar-refractivity contribution in [1.29, 1.82) is 0 Å². The Hall–Kier alpha value is -1.40. The minimum absolute atomic E-state index is 0.282. The van der Waals surface area contributed by atoms with Crippen molar-refractivity contribution in [2.75, 3.05) is 6.26 Å². The van der Waals surface area contributed by atoms with Crippen LogP contribution in [0, 0.1) is 6.92 Å². The molecule has 0 amide bonds. The molecule has 0 spiro atoms. The number of carboxylic acid groups (broad SMARTS) is 1. The third-order valence-electron chi connectivity index (χ3n) is 2.21. The largest absolute Gasteiger partial charge is 0.481 e. The van der Waals surface area contributed by atoms with E-state index in [0.29, 0.717) is 5.56 Å². The topological polar surface area (TPSA) is 83.5 Å². The monoisotopic (exact) mass is 257 g/mol. The van der Waals surface area contributed by atoms with Gasteiger partial charge >= 0.3 is 5.97 Å². The molecule has 1 aromatic carbocycles. The molecule has 0 aliphatic heterocycles. The molecule has 0 radical (unpaired) electrons. The number of hydrogen-bond donors (Lipinski definition) is 2. The summed E-state index contributed by atoms with van der Waals surface area (Å²) in [4.78, 5) is 10.7. The standard InChI is InChI=1S/C11H15NO4S/c1-8-3-5-9(6-4-8)10(7-11(13)14)12-17(2,15)16/h3-6,10,12H,7H2,1-2H3,(H,13,14). The molecule has 0 aliphatic carbocycles. The van der Waals surface area contributed by atoms with Crippen LogP contribution in [0.3, 0.4) is 0 Å². The molecule has 1 atom stereocenters. The molecule has 1 aromatic rings. The molecule has 5 nitrogen and oxygen atoms in total. The SMILES string of the molecule is Cc1ccc(C(CC(=O)O)NS(C)(=O)=O)cc1. The summed E-state index contributed by atoms with van der Waals surface area (Å²) < 4.78 is 24.6. The zero-order valence-corrected chi connectivity index (χ0v) is 10.5. The maximum atomic E-state index is 11.2. The summed E-state index contributed by atoms with van der Waals surface area (Å²) in [6.07, 6.45) is 0.728. The molecule has 0 saturated heterocycles. The van der Waals surface area contributed by atoms with E-state index in [1.165, 1.54) is 0 Å². The van der Waals surface area contributed by atoms with Crippen LogP contribution in [0.25, 0.3) is 0 Å². The van der Waals surface area contributed by atoms with Crippen LogP contribution < -0.4 is 4.72 Å². The lowest BCUT2D eigenvalue weighted by molar-refractivity contribution is -0.137. The highest BCUT2D eigenvalue weighted by atomic mass is 32.2. The molecule has 94 valence electrons. The summed E-state index contributed by atoms with van der Waals surface area (Å²) >= 11 is 0. The second-order valence-electron chi connectivity index (χ2n) is 3.95. The van der Waals surface area contributed by atoms with Crippen LogP contribution in [0.1, 0.15) is 23.6 Å². The van der Waals surface area contributed by atoms with Crippen molar-refractivity contribution in [3.8, 4) is 0 Å². The van der Waals surface area contributed by atoms with Gasteiger partial charge in [0.1, 0.15) is 0 Å². The minimum atomic E-state index is -3.44. The van der Waals surface area contributed by atoms with Crippen molar-refractivity contribution >= 4 is 16.0 Å². The molecule has 0 saturated carbocycles. The number of hydrogen-bond acceptors (Lipinski definition) is 3. The van der Waals surface area contributed by atoms with Crippen LogP contribution in [0.15, 0.2) is 24.3 Å². The molecular weight excluding hydrogens is 242 g/mol. The number of aliphatic carboxylic acids is 1. The molecule has 0 heterocycles. The molecular formula is C11H15NO4S. The quantitative estimate of drug-likeness (QED) is 0.826. The Labute approximate surface area is 101 Å². The fourth-order valence-electron chi connectivity index (χ4n) is 1.46. The Morgan fingerprint density at radius 1 is 1.35 bits per heavy atom. The van der Waals surface area contributed by atoms with E-state index in [4.69, 9.17) is 5.11 Å². The molecule has 0 fully saturated rings. The van der Waals surface area contributed by atoms with Crippen molar-refractivity contribution < 1.29 is 18.3 Å². The van der Waals surface area contributed by atoms with Gasteiger partial charge in [-0.05, 0) is 12.5 Å². The first kappa shape index (κ1) is 13.7. The number of sulfonamides is 1. The second-order valence-corrected chi connectivity index (χ2v) is 5.73. The number of aryl methyl sites for hydroxylation is 1. The Morgan fingerprint density at radius 3 is 2.29 bits per heavy atom. The molecule has 17 heavy (non-hydrogen) atoms. The zero-order valence-electron chi connectivity index (χ0n) is 9.67. The number of rotatable bonds is 5. The van der Waals surface area contributed by atoms with E-state index in [1.807, 2.05) is 19.1 Å². The van der Waals surface area contributed by atoms with Crippen molar-refractivity contribution in [1.82, 2.24) is 4.72 Å². The third-order valence-corrected chi connectivity index (χ3v) is 2.93. The first-order valence-corrected chi connectivity index (χ1v) is 6.93. The van der Waals surface area contributed by atoms with E-state index in [1.54, 1.807) is 12.1 Å². The van der Waals surface area contributed by atoms with Gasteiger partial charge in [-0.15, -0.1) is 0 Å². The van der Waals surface area contributed by atoms with Crippen molar-refractivity contribution in [3.05, 3.63) is 35.4 Å². The fourth-order valence-corrected chi connectivity index (χ4v) is 2.20. The van der Waals surface area contributed by atoms with Crippen molar-refractivity contribution in [2.24, 2.45) is 0 Å². The van der Waals surface area contributed by atoms with Crippen molar-refractivity contribution in [2.45, 2.75) is 19.4 Å². The lowest BCUT2D eigenvalue weighted by atomic mass is 10.0. The van der Waals surface area contributed by atoms with Gasteiger partial charge < -0.3 is 5.11 Å². The van der Waals surface area contributed by atoms with Crippen LogP contribution in [-0.4, -0.2) is 25.7 Å². The molecule has 2 N–H and O–H groups in total. The first-order valence-electron chi connectivity index (χ1n) is 5.03. The normalized spacial score (nSPS) is 13.3. The van der Waals surface area contributed by atoms with Crippen molar-refractivity contribution in [3.63, 3.8) is 0 Å². The molecule has 0 bridgehead atoms. The summed E-state index contributed by atoms with van der Waals surface area (Å²) in [5.41, 5.74) is 1.67. The van der Waals surface area contributed by atoms with E-state index in [9.17, 15) is 13.2 Å². The van der Waals surface area contributed by atoms with Gasteiger partial charge in [0.25, 0.3) is 0 Å². The number of carboxylic acids is 1. The van der Waals surface area contributed by atoms with Gasteiger partial charge in [-0.25, -0.2) is 13.1 Å². The molecule has 6 heteroatoms. The van der Waals surface area contributed by atoms with E-state index in [-0.39, 0.29) is 6.42 Å². The maximum absolute atomic E-state index is 11.2. The maximum Gasteiger partial charge on any atom is 0.305 e. The summed E-state index contributed by atoms with van der Waals surface area (Å²) in [7, 11) is -3.44. The number of nitrogens with one attached hydrogen (secondary N) is 1. The van der Waals surface area contributed by atoms with Gasteiger partial charge in [0.05, 0.1) is 18.7 Å². The number of benzene rings is 1. The highest BCUT2D eigenvalue weighted by Gasteiger charge is 2.19. The van der Waals surface area contributed by atoms with E-state index >= 15 is 0 Å². The molecule has 0 aromatic heterocycles. The number of carbonyl (C=O) groups is 1. The van der Waals surface area contributed by atoms with Crippen LogP contribution in [0.2, 0.25) is 0 Å². The smallest absolute Gasteiger partial charge is 0.305 e. The van der Waals surface area contributed by atoms with Crippen LogP contribution >= 0.6 is 0 Å². The molecule has 1 rings (SSSR count). The van der Waals surface area contributed by atoms with E-state index in [2.05, 4.69) is 4.72 Å². The third kappa shape index (κ3) is 4.97. The summed E-state index contributed by atoms with van der Waals surface area (Å²) in [5, 5.41) is 8.76. The predicted molar refractivity (Wildman–Crippen MR) is 64.2 cm³/mol. The highest BCUT2D eigenvalue weighted by molar-refractivity contribution is 7.88. The second kappa shape index (κ2) is 5.29. The summed E-state index contributed by atoms with van der Waals surface area (Å²) in [5.74, 6) is -1.05. The van der Waals surface area contributed by atoms with Gasteiger partial charge in [0.2, 0.25) is 10.0 Å². The zero-order chi connectivity index (χ0) is 13.1. The summed E-state index contributed by atoms with van der Waals surface area (Å²) in [6, 6.07) is 6.34. The fraction of sp³-hybridized carbons (Fsp3) is 0.364. The van der Waals surface area contributed by atoms with Gasteiger partial charge in [-0.2, -0.15) is 0 Å². The predicted octanol–water partition coefficient (Wildman–Crippen LogP) is 1.06. The van der Waals surface area contributed by atoms with Crippen LogP contribution in [0.5, 0.6) is 0 Å². The lowest BCUT2D eigenvalue weighted by Gasteiger charge is -2.16. The van der Waals surface area contributed by atoms with Crippen LogP contribution in [0.4, 0.5) is 0 Å². The van der Waals surface area contributed by atoms with Gasteiger partial charge in [0.15, 0.2) is 0 Å². The Bertz CT molecular complexity index is 493. The lowest BCUT2D eigenvalue weighted by Crippen LogP contribution is -2.29. The summed E-state index contributed by atoms with van der Waals surface area (Å²) in [6.45, 7) is 1.90. The molecule has 0 aliphatic rings. The average molecular weight is 257 g/mol. The van der Waals surface area contributed by atoms with Gasteiger partial charge in [-0.3, -0.25) is 4.79 Å². The van der Waals surface area contributed by atoms with Gasteiger partial charge in [0, 0.05) is 0 Å². The molecule has 1 unspecified atom stereocenters.